The highest BCUT2D eigenvalue weighted by atomic mass is 79.9. The van der Waals surface area contributed by atoms with E-state index in [4.69, 9.17) is 0 Å². The van der Waals surface area contributed by atoms with Gasteiger partial charge in [0.15, 0.2) is 0 Å². The molecule has 1 aliphatic rings. The molecule has 4 nitrogen and oxygen atoms in total. The Balaban J connectivity index is 2.19. The molecular weight excluding hydrogens is 315 g/mol. The van der Waals surface area contributed by atoms with Crippen LogP contribution in [0, 0.1) is 21.8 Å². The van der Waals surface area contributed by atoms with Crippen molar-refractivity contribution in [1.29, 1.82) is 0 Å². The third-order valence-corrected chi connectivity index (χ3v) is 4.22. The van der Waals surface area contributed by atoms with Gasteiger partial charge in [-0.2, -0.15) is 0 Å². The van der Waals surface area contributed by atoms with Crippen LogP contribution in [0.3, 0.4) is 0 Å². The van der Waals surface area contributed by atoms with Crippen LogP contribution in [0.1, 0.15) is 32.6 Å². The fourth-order valence-corrected chi connectivity index (χ4v) is 2.77. The highest BCUT2D eigenvalue weighted by molar-refractivity contribution is 9.10. The minimum absolute atomic E-state index is 0.209. The first-order chi connectivity index (χ1) is 8.97. The van der Waals surface area contributed by atoms with Gasteiger partial charge in [0.1, 0.15) is 11.5 Å². The van der Waals surface area contributed by atoms with Gasteiger partial charge in [0, 0.05) is 6.04 Å². The molecule has 19 heavy (non-hydrogen) atoms. The van der Waals surface area contributed by atoms with Crippen LogP contribution in [-0.2, 0) is 0 Å². The molecule has 2 rings (SSSR count). The molecule has 0 atom stereocenters. The number of anilines is 1. The Morgan fingerprint density at radius 1 is 1.37 bits per heavy atom. The zero-order chi connectivity index (χ0) is 14.0. The molecular formula is C13H16BrFN2O2. The molecule has 1 fully saturated rings. The molecule has 6 heteroatoms. The smallest absolute Gasteiger partial charge is 0.295 e. The number of nitrogens with zero attached hydrogens (tertiary/aromatic N) is 1. The number of nitro benzene ring substituents is 1. The Morgan fingerprint density at radius 2 is 2.00 bits per heavy atom. The summed E-state index contributed by atoms with van der Waals surface area (Å²) < 4.78 is 13.6. The molecule has 0 unspecified atom stereocenters. The Morgan fingerprint density at radius 3 is 2.58 bits per heavy atom. The van der Waals surface area contributed by atoms with Gasteiger partial charge >= 0.3 is 0 Å². The second kappa shape index (κ2) is 5.86. The van der Waals surface area contributed by atoms with Crippen LogP contribution < -0.4 is 5.32 Å². The van der Waals surface area contributed by atoms with Crippen molar-refractivity contribution in [1.82, 2.24) is 0 Å². The maximum Gasteiger partial charge on any atom is 0.295 e. The van der Waals surface area contributed by atoms with Crippen LogP contribution in [0.2, 0.25) is 0 Å². The maximum atomic E-state index is 13.4. The van der Waals surface area contributed by atoms with E-state index in [1.165, 1.54) is 6.07 Å². The lowest BCUT2D eigenvalue weighted by Crippen LogP contribution is -2.25. The van der Waals surface area contributed by atoms with Gasteiger partial charge in [-0.25, -0.2) is 4.39 Å². The number of rotatable bonds is 3. The van der Waals surface area contributed by atoms with E-state index < -0.39 is 10.7 Å². The van der Waals surface area contributed by atoms with Crippen LogP contribution in [0.25, 0.3) is 0 Å². The molecule has 0 spiro atoms. The molecule has 1 saturated carbocycles. The fourth-order valence-electron chi connectivity index (χ4n) is 2.43. The van der Waals surface area contributed by atoms with Crippen LogP contribution in [0.4, 0.5) is 15.8 Å². The normalized spacial score (nSPS) is 23.1. The molecule has 1 aromatic rings. The van der Waals surface area contributed by atoms with E-state index in [1.54, 1.807) is 0 Å². The zero-order valence-corrected chi connectivity index (χ0v) is 12.2. The van der Waals surface area contributed by atoms with Gasteiger partial charge in [0.2, 0.25) is 0 Å². The molecule has 0 saturated heterocycles. The van der Waals surface area contributed by atoms with Crippen molar-refractivity contribution in [2.75, 3.05) is 5.32 Å². The lowest BCUT2D eigenvalue weighted by atomic mass is 9.87. The number of hydrogen-bond donors (Lipinski definition) is 1. The summed E-state index contributed by atoms with van der Waals surface area (Å²) in [6.07, 6.45) is 4.22. The van der Waals surface area contributed by atoms with E-state index in [2.05, 4.69) is 28.2 Å². The number of halogens is 2. The molecule has 0 radical (unpaired) electrons. The molecule has 0 aliphatic heterocycles. The highest BCUT2D eigenvalue weighted by Gasteiger charge is 2.23. The lowest BCUT2D eigenvalue weighted by molar-refractivity contribution is -0.384. The van der Waals surface area contributed by atoms with Gasteiger partial charge < -0.3 is 5.32 Å². The van der Waals surface area contributed by atoms with E-state index in [9.17, 15) is 14.5 Å². The summed E-state index contributed by atoms with van der Waals surface area (Å²) >= 11 is 3.07. The first kappa shape index (κ1) is 14.2. The topological polar surface area (TPSA) is 55.2 Å². The Bertz CT molecular complexity index is 488. The molecule has 0 aromatic heterocycles. The summed E-state index contributed by atoms with van der Waals surface area (Å²) in [5, 5.41) is 14.1. The first-order valence-electron chi connectivity index (χ1n) is 6.37. The monoisotopic (exact) mass is 330 g/mol. The molecule has 104 valence electrons. The second-order valence-corrected chi connectivity index (χ2v) is 6.00. The Labute approximate surface area is 119 Å². The van der Waals surface area contributed by atoms with E-state index in [1.807, 2.05) is 0 Å². The van der Waals surface area contributed by atoms with Gasteiger partial charge in [-0.3, -0.25) is 10.1 Å². The van der Waals surface area contributed by atoms with E-state index in [-0.39, 0.29) is 16.2 Å². The Kier molecular flexibility index (Phi) is 4.39. The van der Waals surface area contributed by atoms with Gasteiger partial charge in [-0.1, -0.05) is 6.92 Å². The second-order valence-electron chi connectivity index (χ2n) is 5.14. The molecule has 1 N–H and O–H groups in total. The summed E-state index contributed by atoms with van der Waals surface area (Å²) in [5.41, 5.74) is 0.178. The largest absolute Gasteiger partial charge is 0.377 e. The average molecular weight is 331 g/mol. The highest BCUT2D eigenvalue weighted by Crippen LogP contribution is 2.33. The van der Waals surface area contributed by atoms with Gasteiger partial charge in [-0.05, 0) is 53.6 Å². The zero-order valence-electron chi connectivity index (χ0n) is 10.7. The predicted molar refractivity (Wildman–Crippen MR) is 75.8 cm³/mol. The summed E-state index contributed by atoms with van der Waals surface area (Å²) in [6, 6.07) is 2.64. The van der Waals surface area contributed by atoms with Crippen molar-refractivity contribution in [3.05, 3.63) is 32.5 Å². The van der Waals surface area contributed by atoms with Crippen LogP contribution in [0.5, 0.6) is 0 Å². The van der Waals surface area contributed by atoms with Crippen LogP contribution in [-0.4, -0.2) is 11.0 Å². The van der Waals surface area contributed by atoms with E-state index >= 15 is 0 Å². The molecule has 1 aromatic carbocycles. The van der Waals surface area contributed by atoms with E-state index in [0.29, 0.717) is 11.6 Å². The van der Waals surface area contributed by atoms with Crippen LogP contribution in [0.15, 0.2) is 16.6 Å². The van der Waals surface area contributed by atoms with Crippen molar-refractivity contribution in [2.24, 2.45) is 5.92 Å². The molecule has 0 amide bonds. The summed E-state index contributed by atoms with van der Waals surface area (Å²) in [7, 11) is 0. The standard InChI is InChI=1S/C13H16BrFN2O2/c1-8-2-4-9(5-3-8)16-12-6-10(14)11(15)7-13(12)17(18)19/h6-9,16H,2-5H2,1H3. The summed E-state index contributed by atoms with van der Waals surface area (Å²) in [5.74, 6) is 0.0995. The lowest BCUT2D eigenvalue weighted by Gasteiger charge is -2.27. The van der Waals surface area contributed by atoms with Crippen molar-refractivity contribution < 1.29 is 9.31 Å². The molecule has 0 bridgehead atoms. The predicted octanol–water partition coefficient (Wildman–Crippen LogP) is 4.49. The van der Waals surface area contributed by atoms with Crippen molar-refractivity contribution >= 4 is 27.3 Å². The quantitative estimate of drug-likeness (QED) is 0.656. The van der Waals surface area contributed by atoms with E-state index in [0.717, 1.165) is 31.7 Å². The minimum atomic E-state index is -0.616. The van der Waals surface area contributed by atoms with Gasteiger partial charge in [0.05, 0.1) is 15.5 Å². The summed E-state index contributed by atoms with van der Waals surface area (Å²) in [6.45, 7) is 2.22. The fraction of sp³-hybridized carbons (Fsp3) is 0.538. The number of hydrogen-bond acceptors (Lipinski definition) is 3. The third kappa shape index (κ3) is 3.43. The van der Waals surface area contributed by atoms with Crippen LogP contribution >= 0.6 is 15.9 Å². The van der Waals surface area contributed by atoms with Gasteiger partial charge in [-0.15, -0.1) is 0 Å². The molecule has 0 heterocycles. The number of nitro groups is 1. The SMILES string of the molecule is CC1CCC(Nc2cc(Br)c(F)cc2[N+](=O)[O-])CC1. The Hall–Kier alpha value is -1.17. The first-order valence-corrected chi connectivity index (χ1v) is 7.16. The van der Waals surface area contributed by atoms with Gasteiger partial charge in [0.25, 0.3) is 5.69 Å². The minimum Gasteiger partial charge on any atom is -0.377 e. The average Bonchev–Trinajstić information content (AvgIpc) is 2.36. The number of nitrogens with one attached hydrogen (secondary N) is 1. The summed E-state index contributed by atoms with van der Waals surface area (Å²) in [4.78, 5) is 10.4. The number of benzene rings is 1. The maximum absolute atomic E-state index is 13.4. The molecule has 1 aliphatic carbocycles. The third-order valence-electron chi connectivity index (χ3n) is 3.61. The van der Waals surface area contributed by atoms with Crippen molar-refractivity contribution in [3.63, 3.8) is 0 Å². The van der Waals surface area contributed by atoms with Crippen molar-refractivity contribution in [3.8, 4) is 0 Å². The van der Waals surface area contributed by atoms with Crippen molar-refractivity contribution in [2.45, 2.75) is 38.6 Å².